The van der Waals surface area contributed by atoms with Crippen molar-refractivity contribution >= 4 is 11.7 Å². The molecule has 120 valence electrons. The average molecular weight is 309 g/mol. The fourth-order valence-electron chi connectivity index (χ4n) is 3.55. The number of likely N-dealkylation sites (N-methyl/N-ethyl adjacent to an activating group) is 1. The van der Waals surface area contributed by atoms with Crippen molar-refractivity contribution in [2.24, 2.45) is 5.41 Å². The first-order valence-corrected chi connectivity index (χ1v) is 7.88. The highest BCUT2D eigenvalue weighted by molar-refractivity contribution is 5.94. The van der Waals surface area contributed by atoms with Crippen molar-refractivity contribution in [1.82, 2.24) is 9.88 Å². The number of nitrogens with zero attached hydrogens (tertiary/aromatic N) is 2. The number of anilines is 1. The number of nitrogens with two attached hydrogens (primary N) is 1. The molecule has 0 unspecified atom stereocenters. The summed E-state index contributed by atoms with van der Waals surface area (Å²) in [7, 11) is 1.86. The summed E-state index contributed by atoms with van der Waals surface area (Å²) >= 11 is 0. The molecule has 0 saturated heterocycles. The smallest absolute Gasteiger partial charge is 0.255 e. The Kier molecular flexibility index (Phi) is 3.63. The highest BCUT2D eigenvalue weighted by Gasteiger charge is 2.62. The second-order valence-corrected chi connectivity index (χ2v) is 7.14. The summed E-state index contributed by atoms with van der Waals surface area (Å²) in [4.78, 5) is 18.5. The SMILES string of the molecule is CN(C[C@]1(c2ccccc2)CC1(C)C)C(=O)c1ccc(N)nc1. The molecule has 1 fully saturated rings. The van der Waals surface area contributed by atoms with Gasteiger partial charge in [0.1, 0.15) is 5.82 Å². The van der Waals surface area contributed by atoms with E-state index in [4.69, 9.17) is 5.73 Å². The van der Waals surface area contributed by atoms with Gasteiger partial charge in [0.25, 0.3) is 5.91 Å². The molecule has 0 bridgehead atoms. The van der Waals surface area contributed by atoms with Gasteiger partial charge in [0.2, 0.25) is 0 Å². The molecule has 0 spiro atoms. The van der Waals surface area contributed by atoms with Crippen molar-refractivity contribution in [2.75, 3.05) is 19.3 Å². The highest BCUT2D eigenvalue weighted by Crippen LogP contribution is 2.64. The van der Waals surface area contributed by atoms with Crippen LogP contribution in [0, 0.1) is 5.41 Å². The van der Waals surface area contributed by atoms with Crippen LogP contribution in [0.1, 0.15) is 36.2 Å². The van der Waals surface area contributed by atoms with Gasteiger partial charge >= 0.3 is 0 Å². The number of amides is 1. The third-order valence-corrected chi connectivity index (χ3v) is 5.13. The second kappa shape index (κ2) is 5.37. The molecule has 0 radical (unpaired) electrons. The van der Waals surface area contributed by atoms with Gasteiger partial charge in [-0.3, -0.25) is 4.79 Å². The van der Waals surface area contributed by atoms with Crippen LogP contribution in [0.3, 0.4) is 0 Å². The van der Waals surface area contributed by atoms with E-state index in [0.29, 0.717) is 17.9 Å². The zero-order valence-electron chi connectivity index (χ0n) is 13.9. The Morgan fingerprint density at radius 2 is 1.87 bits per heavy atom. The summed E-state index contributed by atoms with van der Waals surface area (Å²) < 4.78 is 0. The molecule has 1 saturated carbocycles. The summed E-state index contributed by atoms with van der Waals surface area (Å²) in [6.07, 6.45) is 2.63. The van der Waals surface area contributed by atoms with Gasteiger partial charge in [-0.2, -0.15) is 0 Å². The van der Waals surface area contributed by atoms with Crippen molar-refractivity contribution in [1.29, 1.82) is 0 Å². The average Bonchev–Trinajstić information content (AvgIpc) is 3.10. The lowest BCUT2D eigenvalue weighted by molar-refractivity contribution is 0.0774. The molecule has 2 N–H and O–H groups in total. The van der Waals surface area contributed by atoms with Gasteiger partial charge in [0, 0.05) is 25.2 Å². The Labute approximate surface area is 137 Å². The number of hydrogen-bond acceptors (Lipinski definition) is 3. The Hall–Kier alpha value is -2.36. The van der Waals surface area contributed by atoms with Crippen LogP contribution >= 0.6 is 0 Å². The molecule has 0 aliphatic heterocycles. The summed E-state index contributed by atoms with van der Waals surface area (Å²) in [6.45, 7) is 5.24. The molecular weight excluding hydrogens is 286 g/mol. The normalized spacial score (nSPS) is 21.7. The van der Waals surface area contributed by atoms with Gasteiger partial charge in [-0.15, -0.1) is 0 Å². The Bertz CT molecular complexity index is 709. The fourth-order valence-corrected chi connectivity index (χ4v) is 3.55. The molecule has 1 amide bonds. The standard InChI is InChI=1S/C19H23N3O/c1-18(2)12-19(18,15-7-5-4-6-8-15)13-22(3)17(23)14-9-10-16(20)21-11-14/h4-11H,12-13H2,1-3H3,(H2,20,21)/t19-/m0/s1. The van der Waals surface area contributed by atoms with Crippen LogP contribution in [-0.4, -0.2) is 29.4 Å². The van der Waals surface area contributed by atoms with Crippen molar-refractivity contribution in [3.8, 4) is 0 Å². The molecule has 1 atom stereocenters. The van der Waals surface area contributed by atoms with E-state index >= 15 is 0 Å². The van der Waals surface area contributed by atoms with E-state index in [1.165, 1.54) is 5.56 Å². The fraction of sp³-hybridized carbons (Fsp3) is 0.368. The number of pyridine rings is 1. The molecule has 1 aromatic heterocycles. The minimum atomic E-state index is -0.0180. The van der Waals surface area contributed by atoms with Gasteiger partial charge in [-0.25, -0.2) is 4.98 Å². The summed E-state index contributed by atoms with van der Waals surface area (Å²) in [6, 6.07) is 13.9. The maximum Gasteiger partial charge on any atom is 0.255 e. The molecule has 23 heavy (non-hydrogen) atoms. The first kappa shape index (κ1) is 15.5. The molecule has 1 aromatic carbocycles. The Morgan fingerprint density at radius 3 is 2.39 bits per heavy atom. The lowest BCUT2D eigenvalue weighted by Crippen LogP contribution is -2.36. The van der Waals surface area contributed by atoms with Crippen molar-refractivity contribution in [3.05, 3.63) is 59.8 Å². The number of carbonyl (C=O) groups is 1. The molecule has 4 heteroatoms. The van der Waals surface area contributed by atoms with Crippen LogP contribution in [0.25, 0.3) is 0 Å². The topological polar surface area (TPSA) is 59.2 Å². The van der Waals surface area contributed by atoms with E-state index in [1.807, 2.05) is 13.1 Å². The van der Waals surface area contributed by atoms with E-state index in [2.05, 4.69) is 43.1 Å². The number of hydrogen-bond donors (Lipinski definition) is 1. The minimum Gasteiger partial charge on any atom is -0.384 e. The van der Waals surface area contributed by atoms with E-state index < -0.39 is 0 Å². The van der Waals surface area contributed by atoms with Crippen LogP contribution in [0.15, 0.2) is 48.7 Å². The third kappa shape index (κ3) is 2.69. The zero-order valence-corrected chi connectivity index (χ0v) is 13.9. The van der Waals surface area contributed by atoms with E-state index in [1.54, 1.807) is 23.2 Å². The van der Waals surface area contributed by atoms with Crippen LogP contribution in [0.5, 0.6) is 0 Å². The van der Waals surface area contributed by atoms with E-state index in [-0.39, 0.29) is 16.7 Å². The van der Waals surface area contributed by atoms with Crippen LogP contribution in [0.4, 0.5) is 5.82 Å². The largest absolute Gasteiger partial charge is 0.384 e. The molecule has 1 aliphatic rings. The molecule has 3 rings (SSSR count). The predicted octanol–water partition coefficient (Wildman–Crippen LogP) is 3.10. The van der Waals surface area contributed by atoms with Crippen molar-refractivity contribution in [2.45, 2.75) is 25.7 Å². The van der Waals surface area contributed by atoms with Crippen LogP contribution in [0.2, 0.25) is 0 Å². The zero-order chi connectivity index (χ0) is 16.7. The molecule has 4 nitrogen and oxygen atoms in total. The molecule has 2 aromatic rings. The van der Waals surface area contributed by atoms with Gasteiger partial charge in [0.05, 0.1) is 5.56 Å². The van der Waals surface area contributed by atoms with Crippen molar-refractivity contribution < 1.29 is 4.79 Å². The number of nitrogen functional groups attached to an aromatic ring is 1. The van der Waals surface area contributed by atoms with Gasteiger partial charge < -0.3 is 10.6 Å². The van der Waals surface area contributed by atoms with E-state index in [0.717, 1.165) is 6.42 Å². The Morgan fingerprint density at radius 1 is 1.22 bits per heavy atom. The van der Waals surface area contributed by atoms with E-state index in [9.17, 15) is 4.79 Å². The lowest BCUT2D eigenvalue weighted by Gasteiger charge is -2.27. The summed E-state index contributed by atoms with van der Waals surface area (Å²) in [5, 5.41) is 0. The predicted molar refractivity (Wildman–Crippen MR) is 92.1 cm³/mol. The monoisotopic (exact) mass is 309 g/mol. The lowest BCUT2D eigenvalue weighted by atomic mass is 9.87. The molecular formula is C19H23N3O. The van der Waals surface area contributed by atoms with Crippen LogP contribution < -0.4 is 5.73 Å². The van der Waals surface area contributed by atoms with Gasteiger partial charge in [-0.1, -0.05) is 44.2 Å². The van der Waals surface area contributed by atoms with Crippen molar-refractivity contribution in [3.63, 3.8) is 0 Å². The molecule has 1 heterocycles. The maximum absolute atomic E-state index is 12.6. The second-order valence-electron chi connectivity index (χ2n) is 7.14. The molecule has 1 aliphatic carbocycles. The first-order chi connectivity index (χ1) is 10.9. The summed E-state index contributed by atoms with van der Waals surface area (Å²) in [5.41, 5.74) is 7.69. The first-order valence-electron chi connectivity index (χ1n) is 7.88. The van der Waals surface area contributed by atoms with Gasteiger partial charge in [-0.05, 0) is 29.5 Å². The maximum atomic E-state index is 12.6. The number of carbonyl (C=O) groups excluding carboxylic acids is 1. The quantitative estimate of drug-likeness (QED) is 0.944. The van der Waals surface area contributed by atoms with Gasteiger partial charge in [0.15, 0.2) is 0 Å². The number of rotatable bonds is 4. The van der Waals surface area contributed by atoms with Crippen LogP contribution in [-0.2, 0) is 5.41 Å². The third-order valence-electron chi connectivity index (χ3n) is 5.13. The summed E-state index contributed by atoms with van der Waals surface area (Å²) in [5.74, 6) is 0.406. The number of aromatic nitrogens is 1. The Balaban J connectivity index is 1.82. The minimum absolute atomic E-state index is 0.0180. The number of benzene rings is 1. The highest BCUT2D eigenvalue weighted by atomic mass is 16.2.